The molecule has 118 valence electrons. The second kappa shape index (κ2) is 7.00. The molecule has 0 amide bonds. The van der Waals surface area contributed by atoms with Crippen LogP contribution in [0.1, 0.15) is 27.8 Å². The molecule has 0 radical (unpaired) electrons. The standard InChI is InChI=1S/C16H19NO5/c1-20-11-3-5-13(15(8-11)21-2)10(9-17)7-12-4-6-14(22-12)16(18)19/h3-6,8,10H,7,9,17H2,1-2H3,(H,18,19). The summed E-state index contributed by atoms with van der Waals surface area (Å²) in [6, 6.07) is 8.63. The van der Waals surface area contributed by atoms with Crippen LogP contribution in [-0.4, -0.2) is 31.8 Å². The first-order valence-corrected chi connectivity index (χ1v) is 6.83. The number of ether oxygens (including phenoxy) is 2. The summed E-state index contributed by atoms with van der Waals surface area (Å²) in [6.07, 6.45) is 0.493. The highest BCUT2D eigenvalue weighted by Crippen LogP contribution is 2.32. The molecule has 1 unspecified atom stereocenters. The van der Waals surface area contributed by atoms with E-state index >= 15 is 0 Å². The molecule has 1 atom stereocenters. The normalized spacial score (nSPS) is 12.0. The lowest BCUT2D eigenvalue weighted by Gasteiger charge is -2.18. The Morgan fingerprint density at radius 3 is 2.59 bits per heavy atom. The van der Waals surface area contributed by atoms with Crippen LogP contribution in [0.25, 0.3) is 0 Å². The van der Waals surface area contributed by atoms with E-state index in [-0.39, 0.29) is 11.7 Å². The van der Waals surface area contributed by atoms with Gasteiger partial charge in [-0.3, -0.25) is 0 Å². The van der Waals surface area contributed by atoms with Crippen LogP contribution in [0.4, 0.5) is 0 Å². The lowest BCUT2D eigenvalue weighted by atomic mass is 9.93. The Bertz CT molecular complexity index is 650. The summed E-state index contributed by atoms with van der Waals surface area (Å²) < 4.78 is 15.9. The van der Waals surface area contributed by atoms with Crippen LogP contribution in [-0.2, 0) is 6.42 Å². The second-order valence-corrected chi connectivity index (χ2v) is 4.82. The van der Waals surface area contributed by atoms with E-state index in [1.807, 2.05) is 12.1 Å². The molecule has 0 saturated heterocycles. The summed E-state index contributed by atoms with van der Waals surface area (Å²) in [5.41, 5.74) is 6.80. The van der Waals surface area contributed by atoms with Gasteiger partial charge in [0.25, 0.3) is 0 Å². The minimum atomic E-state index is -1.09. The molecule has 22 heavy (non-hydrogen) atoms. The monoisotopic (exact) mass is 305 g/mol. The molecule has 1 heterocycles. The van der Waals surface area contributed by atoms with E-state index in [2.05, 4.69) is 0 Å². The molecule has 3 N–H and O–H groups in total. The van der Waals surface area contributed by atoms with Crippen molar-refractivity contribution in [1.29, 1.82) is 0 Å². The predicted molar refractivity (Wildman–Crippen MR) is 80.7 cm³/mol. The fourth-order valence-corrected chi connectivity index (χ4v) is 2.32. The minimum absolute atomic E-state index is 0.0475. The molecule has 6 nitrogen and oxygen atoms in total. The van der Waals surface area contributed by atoms with Gasteiger partial charge in [-0.1, -0.05) is 6.07 Å². The van der Waals surface area contributed by atoms with Gasteiger partial charge >= 0.3 is 5.97 Å². The topological polar surface area (TPSA) is 94.9 Å². The van der Waals surface area contributed by atoms with Crippen molar-refractivity contribution in [3.05, 3.63) is 47.4 Å². The fourth-order valence-electron chi connectivity index (χ4n) is 2.32. The number of aromatic carboxylic acids is 1. The Morgan fingerprint density at radius 2 is 2.05 bits per heavy atom. The molecule has 6 heteroatoms. The number of rotatable bonds is 7. The molecule has 0 saturated carbocycles. The van der Waals surface area contributed by atoms with E-state index in [4.69, 9.17) is 24.7 Å². The van der Waals surface area contributed by atoms with Crippen molar-refractivity contribution < 1.29 is 23.8 Å². The molecule has 2 rings (SSSR count). The van der Waals surface area contributed by atoms with E-state index in [0.29, 0.717) is 30.2 Å². The maximum absolute atomic E-state index is 10.9. The van der Waals surface area contributed by atoms with Gasteiger partial charge < -0.3 is 24.7 Å². The van der Waals surface area contributed by atoms with Crippen LogP contribution in [0.15, 0.2) is 34.7 Å². The van der Waals surface area contributed by atoms with Gasteiger partial charge in [0.05, 0.1) is 14.2 Å². The van der Waals surface area contributed by atoms with Gasteiger partial charge in [0, 0.05) is 18.4 Å². The van der Waals surface area contributed by atoms with E-state index < -0.39 is 5.97 Å². The lowest BCUT2D eigenvalue weighted by Crippen LogP contribution is -2.15. The van der Waals surface area contributed by atoms with Crippen molar-refractivity contribution in [1.82, 2.24) is 0 Å². The molecule has 0 fully saturated rings. The maximum atomic E-state index is 10.9. The molecular formula is C16H19NO5. The quantitative estimate of drug-likeness (QED) is 0.815. The van der Waals surface area contributed by atoms with Gasteiger partial charge in [0.2, 0.25) is 5.76 Å². The molecule has 1 aromatic carbocycles. The van der Waals surface area contributed by atoms with Gasteiger partial charge in [-0.2, -0.15) is 0 Å². The highest BCUT2D eigenvalue weighted by molar-refractivity contribution is 5.84. The Hall–Kier alpha value is -2.47. The number of carboxylic acids is 1. The van der Waals surface area contributed by atoms with Crippen LogP contribution < -0.4 is 15.2 Å². The second-order valence-electron chi connectivity index (χ2n) is 4.82. The highest BCUT2D eigenvalue weighted by atomic mass is 16.5. The van der Waals surface area contributed by atoms with Crippen molar-refractivity contribution in [3.8, 4) is 11.5 Å². The molecule has 2 aromatic rings. The van der Waals surface area contributed by atoms with E-state index in [1.54, 1.807) is 26.4 Å². The fraction of sp³-hybridized carbons (Fsp3) is 0.312. The minimum Gasteiger partial charge on any atom is -0.497 e. The molecule has 0 aliphatic heterocycles. The van der Waals surface area contributed by atoms with E-state index in [0.717, 1.165) is 5.56 Å². The molecular weight excluding hydrogens is 286 g/mol. The van der Waals surface area contributed by atoms with E-state index in [1.165, 1.54) is 6.07 Å². The zero-order chi connectivity index (χ0) is 16.1. The molecule has 0 aliphatic carbocycles. The van der Waals surface area contributed by atoms with Gasteiger partial charge in [-0.25, -0.2) is 4.79 Å². The van der Waals surface area contributed by atoms with Crippen LogP contribution in [0.2, 0.25) is 0 Å². The summed E-state index contributed by atoms with van der Waals surface area (Å²) >= 11 is 0. The number of methoxy groups -OCH3 is 2. The zero-order valence-corrected chi connectivity index (χ0v) is 12.5. The predicted octanol–water partition coefficient (Wildman–Crippen LogP) is 2.28. The van der Waals surface area contributed by atoms with Crippen molar-refractivity contribution in [2.75, 3.05) is 20.8 Å². The first-order valence-electron chi connectivity index (χ1n) is 6.83. The Labute approximate surface area is 128 Å². The third-order valence-electron chi connectivity index (χ3n) is 3.49. The lowest BCUT2D eigenvalue weighted by molar-refractivity contribution is 0.0660. The smallest absolute Gasteiger partial charge is 0.371 e. The summed E-state index contributed by atoms with van der Waals surface area (Å²) in [6.45, 7) is 0.381. The molecule has 0 spiro atoms. The third kappa shape index (κ3) is 3.40. The van der Waals surface area contributed by atoms with Crippen molar-refractivity contribution in [2.24, 2.45) is 5.73 Å². The number of carbonyl (C=O) groups is 1. The highest BCUT2D eigenvalue weighted by Gasteiger charge is 2.19. The summed E-state index contributed by atoms with van der Waals surface area (Å²) in [5, 5.41) is 8.89. The first-order chi connectivity index (χ1) is 10.6. The number of furan rings is 1. The summed E-state index contributed by atoms with van der Waals surface area (Å²) in [4.78, 5) is 10.9. The Kier molecular flexibility index (Phi) is 5.06. The van der Waals surface area contributed by atoms with Crippen LogP contribution in [0.3, 0.4) is 0 Å². The largest absolute Gasteiger partial charge is 0.497 e. The van der Waals surface area contributed by atoms with Crippen molar-refractivity contribution in [3.63, 3.8) is 0 Å². The third-order valence-corrected chi connectivity index (χ3v) is 3.49. The van der Waals surface area contributed by atoms with Crippen molar-refractivity contribution >= 4 is 5.97 Å². The average molecular weight is 305 g/mol. The number of hydrogen-bond donors (Lipinski definition) is 2. The molecule has 1 aromatic heterocycles. The van der Waals surface area contributed by atoms with E-state index in [9.17, 15) is 4.79 Å². The first kappa shape index (κ1) is 15.9. The Morgan fingerprint density at radius 1 is 1.27 bits per heavy atom. The average Bonchev–Trinajstić information content (AvgIpc) is 3.01. The van der Waals surface area contributed by atoms with Crippen molar-refractivity contribution in [2.45, 2.75) is 12.3 Å². The Balaban J connectivity index is 2.25. The molecule has 0 bridgehead atoms. The van der Waals surface area contributed by atoms with Gasteiger partial charge in [0.1, 0.15) is 17.3 Å². The number of carboxylic acid groups (broad SMARTS) is 1. The number of benzene rings is 1. The van der Waals surface area contributed by atoms with Gasteiger partial charge in [0.15, 0.2) is 0 Å². The van der Waals surface area contributed by atoms with Gasteiger partial charge in [-0.05, 0) is 30.3 Å². The maximum Gasteiger partial charge on any atom is 0.371 e. The van der Waals surface area contributed by atoms with Gasteiger partial charge in [-0.15, -0.1) is 0 Å². The summed E-state index contributed by atoms with van der Waals surface area (Å²) in [5.74, 6) is 0.742. The zero-order valence-electron chi connectivity index (χ0n) is 12.5. The van der Waals surface area contributed by atoms with Crippen LogP contribution in [0.5, 0.6) is 11.5 Å². The van der Waals surface area contributed by atoms with Crippen LogP contribution in [0, 0.1) is 0 Å². The summed E-state index contributed by atoms with van der Waals surface area (Å²) in [7, 11) is 3.17. The number of nitrogens with two attached hydrogens (primary N) is 1. The SMILES string of the molecule is COc1ccc(C(CN)Cc2ccc(C(=O)O)o2)c(OC)c1. The molecule has 0 aliphatic rings. The van der Waals surface area contributed by atoms with Crippen LogP contribution >= 0.6 is 0 Å². The number of hydrogen-bond acceptors (Lipinski definition) is 5.